The summed E-state index contributed by atoms with van der Waals surface area (Å²) in [6.45, 7) is 9.92. The molecule has 0 N–H and O–H groups in total. The van der Waals surface area contributed by atoms with Gasteiger partial charge in [-0.05, 0) is 105 Å². The second-order valence-corrected chi connectivity index (χ2v) is 20.5. The van der Waals surface area contributed by atoms with E-state index in [0.717, 1.165) is 5.69 Å². The fourth-order valence-corrected chi connectivity index (χ4v) is 16.3. The molecule has 0 aromatic heterocycles. The summed E-state index contributed by atoms with van der Waals surface area (Å²) < 4.78 is 0. The van der Waals surface area contributed by atoms with Crippen molar-refractivity contribution in [3.05, 3.63) is 170 Å². The van der Waals surface area contributed by atoms with E-state index in [9.17, 15) is 0 Å². The van der Waals surface area contributed by atoms with Crippen LogP contribution in [0.3, 0.4) is 0 Å². The van der Waals surface area contributed by atoms with Gasteiger partial charge in [-0.15, -0.1) is 0 Å². The second kappa shape index (κ2) is 12.1. The largest absolute Gasteiger partial charge is 0.311 e. The lowest BCUT2D eigenvalue weighted by Gasteiger charge is -2.49. The van der Waals surface area contributed by atoms with Crippen LogP contribution in [0, 0.1) is 0 Å². The van der Waals surface area contributed by atoms with Crippen molar-refractivity contribution in [2.75, 3.05) is 14.7 Å². The monoisotopic (exact) mass is 699 g/mol. The van der Waals surface area contributed by atoms with Crippen LogP contribution in [0.25, 0.3) is 0 Å². The van der Waals surface area contributed by atoms with E-state index in [-0.39, 0.29) is 6.71 Å². The SMILES string of the molecule is CC(C)[Si]1(C(C)C)c2ccccc2N(c2ccc3c(c2)N(c2ccccc2)c2cccc4c2B3c2ccccc2N4c2ccccc2)c2ccccc21. The summed E-state index contributed by atoms with van der Waals surface area (Å²) in [5.74, 6) is 0. The molecule has 7 aromatic carbocycles. The lowest BCUT2D eigenvalue weighted by Crippen LogP contribution is -2.66. The van der Waals surface area contributed by atoms with Crippen molar-refractivity contribution in [1.29, 1.82) is 0 Å². The molecule has 0 fully saturated rings. The molecule has 0 unspecified atom stereocenters. The highest BCUT2D eigenvalue weighted by Crippen LogP contribution is 2.48. The van der Waals surface area contributed by atoms with Crippen LogP contribution in [0.2, 0.25) is 11.1 Å². The van der Waals surface area contributed by atoms with Crippen LogP contribution in [0.1, 0.15) is 27.7 Å². The highest BCUT2D eigenvalue weighted by atomic mass is 28.3. The first-order valence-corrected chi connectivity index (χ1v) is 21.2. The van der Waals surface area contributed by atoms with E-state index in [0.29, 0.717) is 11.1 Å². The number of anilines is 9. The molecular formula is C48H42BN3Si. The Morgan fingerprint density at radius 3 is 1.38 bits per heavy atom. The normalized spacial score (nSPS) is 14.8. The van der Waals surface area contributed by atoms with Gasteiger partial charge in [-0.2, -0.15) is 0 Å². The molecule has 0 aliphatic carbocycles. The summed E-state index contributed by atoms with van der Waals surface area (Å²) in [6, 6.07) is 63.5. The van der Waals surface area contributed by atoms with Crippen LogP contribution in [0.4, 0.5) is 51.2 Å². The summed E-state index contributed by atoms with van der Waals surface area (Å²) in [7, 11) is -2.14. The molecule has 0 atom stereocenters. The van der Waals surface area contributed by atoms with Crippen LogP contribution in [-0.2, 0) is 0 Å². The van der Waals surface area contributed by atoms with E-state index < -0.39 is 8.07 Å². The molecule has 0 amide bonds. The molecule has 0 bridgehead atoms. The second-order valence-electron chi connectivity index (χ2n) is 15.3. The van der Waals surface area contributed by atoms with Gasteiger partial charge in [0.05, 0.1) is 0 Å². The number of para-hydroxylation sites is 5. The molecule has 10 rings (SSSR count). The van der Waals surface area contributed by atoms with E-state index in [1.165, 1.54) is 61.9 Å². The van der Waals surface area contributed by atoms with E-state index in [4.69, 9.17) is 0 Å². The van der Waals surface area contributed by atoms with Crippen molar-refractivity contribution < 1.29 is 0 Å². The first-order chi connectivity index (χ1) is 26.0. The van der Waals surface area contributed by atoms with Crippen molar-refractivity contribution in [2.45, 2.75) is 38.8 Å². The van der Waals surface area contributed by atoms with Crippen LogP contribution < -0.4 is 41.5 Å². The molecule has 0 spiro atoms. The molecule has 0 saturated carbocycles. The zero-order chi connectivity index (χ0) is 35.8. The van der Waals surface area contributed by atoms with E-state index >= 15 is 0 Å². The van der Waals surface area contributed by atoms with E-state index in [2.05, 4.69) is 212 Å². The highest BCUT2D eigenvalue weighted by molar-refractivity contribution is 7.06. The standard InChI is InChI=1S/C48H42BN3Si/c1-33(2)53(34(3)4)46-28-15-13-24-41(46)52(42-25-14-16-29-47(42)53)37-30-31-39-45(32-37)51(36-20-9-6-10-21-36)44-27-17-26-43-48(44)49(39)38-22-11-12-23-40(38)50(43)35-18-7-5-8-19-35/h5-34H,1-4H3. The maximum atomic E-state index is 2.56. The third-order valence-corrected chi connectivity index (χ3v) is 18.4. The average Bonchev–Trinajstić information content (AvgIpc) is 3.20. The van der Waals surface area contributed by atoms with E-state index in [1.54, 1.807) is 10.4 Å². The lowest BCUT2D eigenvalue weighted by molar-refractivity contribution is 0.925. The number of hydrogen-bond donors (Lipinski definition) is 0. The molecular weight excluding hydrogens is 657 g/mol. The summed E-state index contributed by atoms with van der Waals surface area (Å²) in [6.07, 6.45) is 0. The third kappa shape index (κ3) is 4.47. The number of fused-ring (bicyclic) bond motifs is 6. The number of hydrogen-bond acceptors (Lipinski definition) is 3. The van der Waals surface area contributed by atoms with Crippen LogP contribution in [0.15, 0.2) is 170 Å². The predicted molar refractivity (Wildman–Crippen MR) is 230 cm³/mol. The molecule has 0 radical (unpaired) electrons. The Balaban J connectivity index is 1.24. The van der Waals surface area contributed by atoms with Gasteiger partial charge in [0.25, 0.3) is 6.71 Å². The van der Waals surface area contributed by atoms with E-state index in [1.807, 2.05) is 0 Å². The fourth-order valence-electron chi connectivity index (χ4n) is 10.2. The van der Waals surface area contributed by atoms with Crippen LogP contribution in [-0.4, -0.2) is 14.8 Å². The Morgan fingerprint density at radius 2 is 0.811 bits per heavy atom. The number of benzene rings is 7. The topological polar surface area (TPSA) is 9.72 Å². The molecule has 5 heteroatoms. The van der Waals surface area contributed by atoms with Crippen molar-refractivity contribution in [2.24, 2.45) is 0 Å². The average molecular weight is 700 g/mol. The Bertz CT molecular complexity index is 2460. The summed E-state index contributed by atoms with van der Waals surface area (Å²) in [4.78, 5) is 7.52. The molecule has 3 aliphatic rings. The van der Waals surface area contributed by atoms with Gasteiger partial charge in [-0.25, -0.2) is 0 Å². The maximum Gasteiger partial charge on any atom is 0.252 e. The van der Waals surface area contributed by atoms with Gasteiger partial charge in [0.1, 0.15) is 8.07 Å². The molecule has 0 saturated heterocycles. The van der Waals surface area contributed by atoms with Gasteiger partial charge in [-0.3, -0.25) is 0 Å². The smallest absolute Gasteiger partial charge is 0.252 e. The number of rotatable bonds is 5. The lowest BCUT2D eigenvalue weighted by atomic mass is 9.33. The van der Waals surface area contributed by atoms with Gasteiger partial charge < -0.3 is 14.7 Å². The Morgan fingerprint density at radius 1 is 0.377 bits per heavy atom. The zero-order valence-corrected chi connectivity index (χ0v) is 31.7. The van der Waals surface area contributed by atoms with Crippen LogP contribution in [0.5, 0.6) is 0 Å². The molecule has 3 nitrogen and oxygen atoms in total. The Hall–Kier alpha value is -5.78. The quantitative estimate of drug-likeness (QED) is 0.166. The van der Waals surface area contributed by atoms with Crippen LogP contribution >= 0.6 is 0 Å². The van der Waals surface area contributed by atoms with Crippen molar-refractivity contribution in [1.82, 2.24) is 0 Å². The van der Waals surface area contributed by atoms with Crippen molar-refractivity contribution in [3.8, 4) is 0 Å². The zero-order valence-electron chi connectivity index (χ0n) is 30.7. The molecule has 3 heterocycles. The van der Waals surface area contributed by atoms with Gasteiger partial charge in [0.15, 0.2) is 0 Å². The summed E-state index contributed by atoms with van der Waals surface area (Å²) >= 11 is 0. The highest BCUT2D eigenvalue weighted by Gasteiger charge is 2.50. The third-order valence-electron chi connectivity index (χ3n) is 12.2. The minimum absolute atomic E-state index is 0.0873. The first-order valence-electron chi connectivity index (χ1n) is 19.1. The minimum Gasteiger partial charge on any atom is -0.311 e. The maximum absolute atomic E-state index is 2.56. The van der Waals surface area contributed by atoms with Crippen molar-refractivity contribution >= 4 is 92.7 Å². The molecule has 53 heavy (non-hydrogen) atoms. The summed E-state index contributed by atoms with van der Waals surface area (Å²) in [5.41, 5.74) is 16.2. The fraction of sp³-hybridized carbons (Fsp3) is 0.125. The van der Waals surface area contributed by atoms with Gasteiger partial charge in [0.2, 0.25) is 0 Å². The molecule has 3 aliphatic heterocycles. The first kappa shape index (κ1) is 31.9. The van der Waals surface area contributed by atoms with Crippen molar-refractivity contribution in [3.63, 3.8) is 0 Å². The number of nitrogens with zero attached hydrogens (tertiary/aromatic N) is 3. The predicted octanol–water partition coefficient (Wildman–Crippen LogP) is 9.94. The Kier molecular flexibility index (Phi) is 7.31. The summed E-state index contributed by atoms with van der Waals surface area (Å²) in [5, 5.41) is 3.08. The Labute approximate surface area is 314 Å². The molecule has 7 aromatic rings. The van der Waals surface area contributed by atoms with Gasteiger partial charge in [0, 0.05) is 51.2 Å². The van der Waals surface area contributed by atoms with Gasteiger partial charge >= 0.3 is 0 Å². The minimum atomic E-state index is -2.14. The molecule has 256 valence electrons. The van der Waals surface area contributed by atoms with Gasteiger partial charge in [-0.1, -0.05) is 131 Å².